The molecule has 1 amide bonds. The molecule has 3 aromatic heterocycles. The van der Waals surface area contributed by atoms with Gasteiger partial charge in [0.05, 0.1) is 5.39 Å². The fraction of sp³-hybridized carbons (Fsp3) is 0.429. The van der Waals surface area contributed by atoms with Crippen LogP contribution in [-0.2, 0) is 18.4 Å². The number of carbonyl (C=O) groups is 1. The van der Waals surface area contributed by atoms with Gasteiger partial charge in [0.2, 0.25) is 5.88 Å². The number of amides is 1. The molecule has 3 rings (SSSR count). The van der Waals surface area contributed by atoms with Crippen molar-refractivity contribution in [3.8, 4) is 5.88 Å². The van der Waals surface area contributed by atoms with Gasteiger partial charge in [-0.15, -0.1) is 5.10 Å². The van der Waals surface area contributed by atoms with Gasteiger partial charge < -0.3 is 15.0 Å². The van der Waals surface area contributed by atoms with Gasteiger partial charge in [-0.2, -0.15) is 0 Å². The van der Waals surface area contributed by atoms with E-state index in [1.807, 2.05) is 39.1 Å². The minimum absolute atomic E-state index is 0.107. The lowest BCUT2D eigenvalue weighted by Gasteiger charge is -2.19. The standard InChI is InChI=1S/C21H28N6O2/c1-6-27(7-2)17-9-8-16(11-22-17)12-23-18(28)13-29-21-19-14(3)10-15(4)24-20(19)26(5)25-21/h8-11H,6-7,12-13H2,1-5H3,(H,23,28). The molecule has 1 N–H and O–H groups in total. The first-order valence-corrected chi connectivity index (χ1v) is 9.83. The molecule has 0 atom stereocenters. The predicted molar refractivity (Wildman–Crippen MR) is 113 cm³/mol. The summed E-state index contributed by atoms with van der Waals surface area (Å²) in [7, 11) is 1.82. The Bertz CT molecular complexity index is 993. The number of nitrogens with one attached hydrogen (secondary N) is 1. The molecule has 0 radical (unpaired) electrons. The van der Waals surface area contributed by atoms with E-state index in [0.29, 0.717) is 12.4 Å². The number of hydrogen-bond donors (Lipinski definition) is 1. The zero-order valence-electron chi connectivity index (χ0n) is 17.7. The second-order valence-electron chi connectivity index (χ2n) is 6.97. The van der Waals surface area contributed by atoms with Crippen LogP contribution in [0.25, 0.3) is 11.0 Å². The summed E-state index contributed by atoms with van der Waals surface area (Å²) in [4.78, 5) is 23.4. The van der Waals surface area contributed by atoms with Crippen molar-refractivity contribution in [1.29, 1.82) is 0 Å². The molecule has 3 heterocycles. The minimum atomic E-state index is -0.214. The lowest BCUT2D eigenvalue weighted by Crippen LogP contribution is -2.28. The van der Waals surface area contributed by atoms with Crippen LogP contribution in [0.3, 0.4) is 0 Å². The van der Waals surface area contributed by atoms with E-state index < -0.39 is 0 Å². The molecule has 0 aromatic carbocycles. The number of pyridine rings is 2. The second-order valence-corrected chi connectivity index (χ2v) is 6.97. The van der Waals surface area contributed by atoms with E-state index in [9.17, 15) is 4.79 Å². The van der Waals surface area contributed by atoms with Gasteiger partial charge in [0, 0.05) is 38.6 Å². The highest BCUT2D eigenvalue weighted by atomic mass is 16.5. The number of carbonyl (C=O) groups excluding carboxylic acids is 1. The molecule has 0 fully saturated rings. The van der Waals surface area contributed by atoms with E-state index in [1.54, 1.807) is 10.9 Å². The Morgan fingerprint density at radius 1 is 1.24 bits per heavy atom. The third-order valence-electron chi connectivity index (χ3n) is 4.81. The van der Waals surface area contributed by atoms with Crippen LogP contribution in [0.4, 0.5) is 5.82 Å². The normalized spacial score (nSPS) is 10.9. The summed E-state index contributed by atoms with van der Waals surface area (Å²) < 4.78 is 7.36. The molecule has 0 unspecified atom stereocenters. The lowest BCUT2D eigenvalue weighted by molar-refractivity contribution is -0.123. The van der Waals surface area contributed by atoms with E-state index in [1.165, 1.54) is 0 Å². The number of rotatable bonds is 8. The highest BCUT2D eigenvalue weighted by Crippen LogP contribution is 2.26. The van der Waals surface area contributed by atoms with Crippen LogP contribution in [0, 0.1) is 13.8 Å². The van der Waals surface area contributed by atoms with Gasteiger partial charge in [0.1, 0.15) is 5.82 Å². The molecular weight excluding hydrogens is 368 g/mol. The van der Waals surface area contributed by atoms with Crippen molar-refractivity contribution in [2.45, 2.75) is 34.2 Å². The summed E-state index contributed by atoms with van der Waals surface area (Å²) >= 11 is 0. The predicted octanol–water partition coefficient (Wildman–Crippen LogP) is 2.52. The van der Waals surface area contributed by atoms with Gasteiger partial charge >= 0.3 is 0 Å². The second kappa shape index (κ2) is 8.89. The van der Waals surface area contributed by atoms with Crippen molar-refractivity contribution in [2.75, 3.05) is 24.6 Å². The Kier molecular flexibility index (Phi) is 6.31. The van der Waals surface area contributed by atoms with Crippen molar-refractivity contribution in [1.82, 2.24) is 25.1 Å². The number of fused-ring (bicyclic) bond motifs is 1. The molecule has 154 valence electrons. The lowest BCUT2D eigenvalue weighted by atomic mass is 10.2. The number of aryl methyl sites for hydroxylation is 3. The van der Waals surface area contributed by atoms with Gasteiger partial charge in [-0.25, -0.2) is 14.6 Å². The molecule has 0 aliphatic carbocycles. The van der Waals surface area contributed by atoms with Gasteiger partial charge in [-0.3, -0.25) is 4.79 Å². The summed E-state index contributed by atoms with van der Waals surface area (Å²) in [6.07, 6.45) is 1.79. The minimum Gasteiger partial charge on any atom is -0.466 e. The van der Waals surface area contributed by atoms with Crippen LogP contribution in [-0.4, -0.2) is 45.4 Å². The maximum atomic E-state index is 12.2. The number of hydrogen-bond acceptors (Lipinski definition) is 6. The molecule has 0 bridgehead atoms. The van der Waals surface area contributed by atoms with Crippen molar-refractivity contribution < 1.29 is 9.53 Å². The molecule has 0 saturated carbocycles. The van der Waals surface area contributed by atoms with E-state index in [4.69, 9.17) is 4.74 Å². The fourth-order valence-corrected chi connectivity index (χ4v) is 3.29. The maximum absolute atomic E-state index is 12.2. The van der Waals surface area contributed by atoms with Crippen LogP contribution in [0.1, 0.15) is 30.7 Å². The van der Waals surface area contributed by atoms with Crippen LogP contribution in [0.15, 0.2) is 24.4 Å². The Morgan fingerprint density at radius 2 is 2.00 bits per heavy atom. The van der Waals surface area contributed by atoms with Gasteiger partial charge in [0.25, 0.3) is 5.91 Å². The molecule has 0 aliphatic rings. The quantitative estimate of drug-likeness (QED) is 0.630. The monoisotopic (exact) mass is 396 g/mol. The number of nitrogens with zero attached hydrogens (tertiary/aromatic N) is 5. The third-order valence-corrected chi connectivity index (χ3v) is 4.81. The zero-order valence-corrected chi connectivity index (χ0v) is 17.7. The van der Waals surface area contributed by atoms with Gasteiger partial charge in [-0.1, -0.05) is 6.07 Å². The highest BCUT2D eigenvalue weighted by Gasteiger charge is 2.15. The summed E-state index contributed by atoms with van der Waals surface area (Å²) in [5.41, 5.74) is 3.63. The Labute approximate surface area is 170 Å². The zero-order chi connectivity index (χ0) is 21.0. The molecule has 8 heteroatoms. The first-order valence-electron chi connectivity index (χ1n) is 9.83. The first kappa shape index (κ1) is 20.6. The summed E-state index contributed by atoms with van der Waals surface area (Å²) in [5, 5.41) is 8.05. The largest absolute Gasteiger partial charge is 0.466 e. The molecule has 3 aromatic rings. The average Bonchev–Trinajstić information content (AvgIpc) is 3.02. The Balaban J connectivity index is 1.58. The van der Waals surface area contributed by atoms with Crippen molar-refractivity contribution >= 4 is 22.8 Å². The average molecular weight is 396 g/mol. The topological polar surface area (TPSA) is 85.2 Å². The van der Waals surface area contributed by atoms with E-state index in [-0.39, 0.29) is 12.5 Å². The smallest absolute Gasteiger partial charge is 0.258 e. The number of ether oxygens (including phenoxy) is 1. The Morgan fingerprint density at radius 3 is 2.66 bits per heavy atom. The van der Waals surface area contributed by atoms with Gasteiger partial charge in [0.15, 0.2) is 12.3 Å². The van der Waals surface area contributed by atoms with E-state index >= 15 is 0 Å². The molecule has 0 aliphatic heterocycles. The van der Waals surface area contributed by atoms with Crippen LogP contribution in [0.2, 0.25) is 0 Å². The summed E-state index contributed by atoms with van der Waals surface area (Å²) in [6.45, 7) is 10.2. The Hall–Kier alpha value is -3.16. The van der Waals surface area contributed by atoms with E-state index in [2.05, 4.69) is 39.1 Å². The molecule has 0 spiro atoms. The van der Waals surface area contributed by atoms with Crippen LogP contribution < -0.4 is 15.0 Å². The molecule has 8 nitrogen and oxygen atoms in total. The number of anilines is 1. The fourth-order valence-electron chi connectivity index (χ4n) is 3.29. The van der Waals surface area contributed by atoms with Gasteiger partial charge in [-0.05, 0) is 51.0 Å². The van der Waals surface area contributed by atoms with Crippen molar-refractivity contribution in [3.05, 3.63) is 41.2 Å². The highest BCUT2D eigenvalue weighted by molar-refractivity contribution is 5.85. The van der Waals surface area contributed by atoms with Crippen LogP contribution >= 0.6 is 0 Å². The van der Waals surface area contributed by atoms with Crippen LogP contribution in [0.5, 0.6) is 5.88 Å². The van der Waals surface area contributed by atoms with Crippen molar-refractivity contribution in [2.24, 2.45) is 7.05 Å². The third kappa shape index (κ3) is 4.64. The first-order chi connectivity index (χ1) is 13.9. The molecule has 0 saturated heterocycles. The summed E-state index contributed by atoms with van der Waals surface area (Å²) in [5.74, 6) is 1.15. The number of aromatic nitrogens is 4. The SMILES string of the molecule is CCN(CC)c1ccc(CNC(=O)COc2nn(C)c3nc(C)cc(C)c23)cn1. The van der Waals surface area contributed by atoms with E-state index in [0.717, 1.165) is 46.8 Å². The summed E-state index contributed by atoms with van der Waals surface area (Å²) in [6, 6.07) is 5.93. The van der Waals surface area contributed by atoms with Crippen molar-refractivity contribution in [3.63, 3.8) is 0 Å². The maximum Gasteiger partial charge on any atom is 0.258 e. The molecule has 29 heavy (non-hydrogen) atoms. The molecular formula is C21H28N6O2.